The minimum absolute atomic E-state index is 0.0113. The fraction of sp³-hybridized carbons (Fsp3) is 0.355. The van der Waals surface area contributed by atoms with Crippen molar-refractivity contribution in [2.75, 3.05) is 42.9 Å². The number of aromatic nitrogens is 5. The number of piperazine rings is 1. The van der Waals surface area contributed by atoms with E-state index in [1.54, 1.807) is 43.6 Å². The Bertz CT molecular complexity index is 1680. The molecule has 0 spiro atoms. The van der Waals surface area contributed by atoms with E-state index in [1.807, 2.05) is 4.90 Å². The van der Waals surface area contributed by atoms with E-state index in [1.165, 1.54) is 24.7 Å². The zero-order valence-corrected chi connectivity index (χ0v) is 24.9. The van der Waals surface area contributed by atoms with Crippen LogP contribution in [0.1, 0.15) is 46.7 Å². The van der Waals surface area contributed by atoms with E-state index in [9.17, 15) is 22.8 Å². The zero-order valence-electron chi connectivity index (χ0n) is 24.9. The summed E-state index contributed by atoms with van der Waals surface area (Å²) >= 11 is 0. The van der Waals surface area contributed by atoms with Crippen LogP contribution in [0.15, 0.2) is 48.9 Å². The molecule has 1 aliphatic heterocycles. The number of nitrogens with zero attached hydrogens (tertiary/aromatic N) is 7. The third kappa shape index (κ3) is 6.77. The van der Waals surface area contributed by atoms with Gasteiger partial charge in [0.15, 0.2) is 0 Å². The highest BCUT2D eigenvalue weighted by molar-refractivity contribution is 6.04. The third-order valence-electron chi connectivity index (χ3n) is 7.72. The molecule has 0 saturated carbocycles. The molecule has 0 bridgehead atoms. The van der Waals surface area contributed by atoms with E-state index in [-0.39, 0.29) is 29.0 Å². The summed E-state index contributed by atoms with van der Waals surface area (Å²) in [6.07, 6.45) is 0.290. The summed E-state index contributed by atoms with van der Waals surface area (Å²) in [7, 11) is 0. The van der Waals surface area contributed by atoms with Gasteiger partial charge in [-0.3, -0.25) is 19.6 Å². The van der Waals surface area contributed by atoms with E-state index in [4.69, 9.17) is 0 Å². The van der Waals surface area contributed by atoms with E-state index in [2.05, 4.69) is 37.4 Å². The van der Waals surface area contributed by atoms with Gasteiger partial charge >= 0.3 is 6.18 Å². The number of ketones is 1. The van der Waals surface area contributed by atoms with Crippen LogP contribution in [0.25, 0.3) is 16.9 Å². The molecule has 4 aromatic rings. The van der Waals surface area contributed by atoms with Gasteiger partial charge in [0, 0.05) is 67.6 Å². The van der Waals surface area contributed by atoms with Gasteiger partial charge in [0.2, 0.25) is 0 Å². The van der Waals surface area contributed by atoms with Gasteiger partial charge in [0.05, 0.1) is 28.7 Å². The number of likely N-dealkylation sites (N-methyl/N-ethyl adjacent to an activating group) is 1. The number of aryl methyl sites for hydroxylation is 1. The first kappa shape index (κ1) is 30.8. The van der Waals surface area contributed by atoms with Gasteiger partial charge in [0.25, 0.3) is 5.91 Å². The average Bonchev–Trinajstić information content (AvgIpc) is 3.48. The van der Waals surface area contributed by atoms with E-state index >= 15 is 0 Å². The van der Waals surface area contributed by atoms with Crippen molar-refractivity contribution >= 4 is 23.1 Å². The molecule has 1 aromatic carbocycles. The van der Waals surface area contributed by atoms with Crippen LogP contribution in [-0.4, -0.2) is 74.3 Å². The smallest absolute Gasteiger partial charge is 0.369 e. The number of alkyl halides is 3. The summed E-state index contributed by atoms with van der Waals surface area (Å²) in [6, 6.07) is 7.68. The van der Waals surface area contributed by atoms with Gasteiger partial charge in [-0.15, -0.1) is 5.10 Å². The molecular formula is C31H33F3N8O2. The van der Waals surface area contributed by atoms with Crippen LogP contribution in [-0.2, 0) is 17.4 Å². The fourth-order valence-electron chi connectivity index (χ4n) is 5.23. The lowest BCUT2D eigenvalue weighted by atomic mass is 10.0. The van der Waals surface area contributed by atoms with Crippen molar-refractivity contribution in [3.05, 3.63) is 77.0 Å². The fourth-order valence-corrected chi connectivity index (χ4v) is 5.23. The van der Waals surface area contributed by atoms with Crippen LogP contribution in [0.5, 0.6) is 0 Å². The lowest BCUT2D eigenvalue weighted by Gasteiger charge is -2.37. The van der Waals surface area contributed by atoms with Gasteiger partial charge in [-0.05, 0) is 63.2 Å². The molecule has 1 N–H and O–H groups in total. The van der Waals surface area contributed by atoms with Gasteiger partial charge in [0.1, 0.15) is 11.5 Å². The first-order valence-corrected chi connectivity index (χ1v) is 14.3. The highest BCUT2D eigenvalue weighted by Crippen LogP contribution is 2.39. The molecule has 1 saturated heterocycles. The zero-order chi connectivity index (χ0) is 31.6. The molecular weight excluding hydrogens is 573 g/mol. The number of hydrogen-bond acceptors (Lipinski definition) is 8. The monoisotopic (exact) mass is 606 g/mol. The van der Waals surface area contributed by atoms with Crippen LogP contribution in [0.4, 0.5) is 24.5 Å². The third-order valence-corrected chi connectivity index (χ3v) is 7.72. The lowest BCUT2D eigenvalue weighted by Crippen LogP contribution is -2.46. The van der Waals surface area contributed by atoms with E-state index in [0.29, 0.717) is 47.1 Å². The second kappa shape index (κ2) is 12.5. The van der Waals surface area contributed by atoms with Crippen LogP contribution in [0.2, 0.25) is 0 Å². The van der Waals surface area contributed by atoms with Gasteiger partial charge < -0.3 is 15.1 Å². The predicted molar refractivity (Wildman–Crippen MR) is 160 cm³/mol. The quantitative estimate of drug-likeness (QED) is 0.302. The summed E-state index contributed by atoms with van der Waals surface area (Å²) < 4.78 is 43.6. The Morgan fingerprint density at radius 3 is 2.36 bits per heavy atom. The van der Waals surface area contributed by atoms with Crippen molar-refractivity contribution in [3.8, 4) is 16.9 Å². The standard InChI is InChI=1S/C31H33F3N8O2/c1-5-40-8-10-41(11-9-40)28-15-25(14-26(20(28)3)31(32,33)34)37-30(44)23-13-29(21(4)35-17-23)42-18-27(38-39-42)22-6-7-24(36-16-22)12-19(2)43/h6-7,13-18H,5,8-12H2,1-4H3,(H,37,44). The molecule has 1 fully saturated rings. The number of anilines is 2. The number of amides is 1. The largest absolute Gasteiger partial charge is 0.416 e. The molecule has 1 aliphatic rings. The number of pyridine rings is 2. The van der Waals surface area contributed by atoms with Crippen LogP contribution in [0.3, 0.4) is 0 Å². The number of rotatable bonds is 8. The maximum absolute atomic E-state index is 14.0. The Kier molecular flexibility index (Phi) is 8.77. The molecule has 5 rings (SSSR count). The van der Waals surface area contributed by atoms with Crippen molar-refractivity contribution in [1.29, 1.82) is 0 Å². The molecule has 0 radical (unpaired) electrons. The number of carbonyl (C=O) groups is 2. The molecule has 44 heavy (non-hydrogen) atoms. The molecule has 0 atom stereocenters. The summed E-state index contributed by atoms with van der Waals surface area (Å²) in [5, 5.41) is 11.0. The van der Waals surface area contributed by atoms with Crippen LogP contribution in [0, 0.1) is 13.8 Å². The molecule has 13 heteroatoms. The number of nitrogens with one attached hydrogen (secondary N) is 1. The highest BCUT2D eigenvalue weighted by Gasteiger charge is 2.35. The summed E-state index contributed by atoms with van der Waals surface area (Å²) in [5.41, 5.74) is 2.89. The number of carbonyl (C=O) groups excluding carboxylic acids is 2. The summed E-state index contributed by atoms with van der Waals surface area (Å²) in [6.45, 7) is 10.3. The Morgan fingerprint density at radius 2 is 1.73 bits per heavy atom. The van der Waals surface area contributed by atoms with Gasteiger partial charge in [-0.2, -0.15) is 13.2 Å². The number of hydrogen-bond donors (Lipinski definition) is 1. The molecule has 0 unspecified atom stereocenters. The Labute approximate surface area is 252 Å². The normalized spacial score (nSPS) is 14.1. The maximum atomic E-state index is 14.0. The predicted octanol–water partition coefficient (Wildman–Crippen LogP) is 4.89. The Morgan fingerprint density at radius 1 is 0.977 bits per heavy atom. The minimum atomic E-state index is -4.59. The molecule has 0 aliphatic carbocycles. The van der Waals surface area contributed by atoms with Crippen LogP contribution < -0.4 is 10.2 Å². The summed E-state index contributed by atoms with van der Waals surface area (Å²) in [4.78, 5) is 37.5. The van der Waals surface area contributed by atoms with Crippen molar-refractivity contribution in [3.63, 3.8) is 0 Å². The first-order valence-electron chi connectivity index (χ1n) is 14.3. The number of benzene rings is 1. The molecule has 1 amide bonds. The molecule has 10 nitrogen and oxygen atoms in total. The summed E-state index contributed by atoms with van der Waals surface area (Å²) in [5.74, 6) is -0.597. The van der Waals surface area contributed by atoms with Crippen LogP contribution >= 0.6 is 0 Å². The molecule has 4 heterocycles. The van der Waals surface area contributed by atoms with E-state index < -0.39 is 17.6 Å². The second-order valence-corrected chi connectivity index (χ2v) is 10.8. The Balaban J connectivity index is 1.39. The topological polar surface area (TPSA) is 109 Å². The average molecular weight is 607 g/mol. The number of Topliss-reactive ketones (excluding diaryl/α,β-unsaturated/α-hetero) is 1. The van der Waals surface area contributed by atoms with Gasteiger partial charge in [-0.1, -0.05) is 12.1 Å². The molecule has 230 valence electrons. The highest BCUT2D eigenvalue weighted by atomic mass is 19.4. The number of halogens is 3. The second-order valence-electron chi connectivity index (χ2n) is 10.8. The van der Waals surface area contributed by atoms with Crippen molar-refractivity contribution in [2.45, 2.75) is 40.3 Å². The minimum Gasteiger partial charge on any atom is -0.369 e. The van der Waals surface area contributed by atoms with Gasteiger partial charge in [-0.25, -0.2) is 4.68 Å². The van der Waals surface area contributed by atoms with Crippen molar-refractivity contribution in [2.24, 2.45) is 0 Å². The van der Waals surface area contributed by atoms with E-state index in [0.717, 1.165) is 25.7 Å². The first-order chi connectivity index (χ1) is 20.9. The SMILES string of the molecule is CCN1CCN(c2cc(NC(=O)c3cnc(C)c(-n4cc(-c5ccc(CC(C)=O)nc5)nn4)c3)cc(C(F)(F)F)c2C)CC1. The van der Waals surface area contributed by atoms with Crippen molar-refractivity contribution in [1.82, 2.24) is 29.9 Å². The Hall–Kier alpha value is -4.65. The lowest BCUT2D eigenvalue weighted by molar-refractivity contribution is -0.138. The van der Waals surface area contributed by atoms with Crippen molar-refractivity contribution < 1.29 is 22.8 Å². The maximum Gasteiger partial charge on any atom is 0.416 e. The molecule has 3 aromatic heterocycles.